The predicted molar refractivity (Wildman–Crippen MR) is 119 cm³/mol. The zero-order valence-electron chi connectivity index (χ0n) is 17.3. The highest BCUT2D eigenvalue weighted by Crippen LogP contribution is 2.18. The van der Waals surface area contributed by atoms with Crippen molar-refractivity contribution < 1.29 is 17.6 Å². The van der Waals surface area contributed by atoms with Crippen molar-refractivity contribution >= 4 is 20.6 Å². The molecule has 0 saturated heterocycles. The Labute approximate surface area is 180 Å². The van der Waals surface area contributed by atoms with Crippen LogP contribution < -0.4 is 10.2 Å². The molecule has 0 fully saturated rings. The van der Waals surface area contributed by atoms with Gasteiger partial charge in [-0.25, -0.2) is 8.42 Å². The molecule has 4 aromatic rings. The Morgan fingerprint density at radius 1 is 1.00 bits per heavy atom. The molecule has 0 amide bonds. The predicted octanol–water partition coefficient (Wildman–Crippen LogP) is 4.40. The molecule has 0 aliphatic carbocycles. The van der Waals surface area contributed by atoms with Crippen molar-refractivity contribution in [3.63, 3.8) is 0 Å². The van der Waals surface area contributed by atoms with E-state index in [0.29, 0.717) is 12.3 Å². The fourth-order valence-electron chi connectivity index (χ4n) is 3.25. The molecule has 0 radical (unpaired) electrons. The summed E-state index contributed by atoms with van der Waals surface area (Å²) in [7, 11) is -3.31. The Kier molecular flexibility index (Phi) is 5.69. The van der Waals surface area contributed by atoms with Crippen LogP contribution in [0.1, 0.15) is 25.2 Å². The molecule has 0 bridgehead atoms. The summed E-state index contributed by atoms with van der Waals surface area (Å²) >= 11 is 0. The maximum absolute atomic E-state index is 12.4. The number of rotatable bonds is 7. The Bertz CT molecular complexity index is 1330. The molecule has 0 aliphatic heterocycles. The van der Waals surface area contributed by atoms with E-state index in [1.165, 1.54) is 12.3 Å². The standard InChI is InChI=1S/C24H23NO5S/c1-17(2)31(27,28)22-9-7-18(8-10-22)15-30-24-16-29-21(11-23(24)26)14-25-12-19-5-3-4-6-20(19)13-25/h3-13,16-17H,14-15H2,1-2H3. The van der Waals surface area contributed by atoms with E-state index in [0.717, 1.165) is 16.3 Å². The molecule has 0 unspecified atom stereocenters. The average molecular weight is 438 g/mol. The number of hydrogen-bond donors (Lipinski definition) is 0. The van der Waals surface area contributed by atoms with Gasteiger partial charge in [-0.1, -0.05) is 36.4 Å². The molecule has 0 saturated carbocycles. The van der Waals surface area contributed by atoms with E-state index >= 15 is 0 Å². The zero-order chi connectivity index (χ0) is 22.0. The van der Waals surface area contributed by atoms with Crippen molar-refractivity contribution in [3.05, 3.63) is 94.8 Å². The van der Waals surface area contributed by atoms with Crippen LogP contribution in [-0.2, 0) is 23.0 Å². The molecule has 7 heteroatoms. The summed E-state index contributed by atoms with van der Waals surface area (Å²) in [5, 5.41) is 1.76. The van der Waals surface area contributed by atoms with Gasteiger partial charge in [-0.3, -0.25) is 4.79 Å². The maximum atomic E-state index is 12.4. The third-order valence-corrected chi connectivity index (χ3v) is 7.23. The molecule has 2 heterocycles. The summed E-state index contributed by atoms with van der Waals surface area (Å²) < 4.78 is 37.5. The van der Waals surface area contributed by atoms with Crippen LogP contribution in [0.3, 0.4) is 0 Å². The van der Waals surface area contributed by atoms with Crippen LogP contribution in [0.15, 0.2) is 87.4 Å². The minimum atomic E-state index is -3.31. The molecule has 0 aliphatic rings. The second-order valence-electron chi connectivity index (χ2n) is 7.66. The lowest BCUT2D eigenvalue weighted by atomic mass is 10.2. The summed E-state index contributed by atoms with van der Waals surface area (Å²) in [5.74, 6) is 0.640. The van der Waals surface area contributed by atoms with E-state index in [9.17, 15) is 13.2 Å². The van der Waals surface area contributed by atoms with E-state index in [-0.39, 0.29) is 22.7 Å². The fourth-order valence-corrected chi connectivity index (χ4v) is 4.31. The first-order chi connectivity index (χ1) is 14.8. The van der Waals surface area contributed by atoms with Crippen LogP contribution in [-0.4, -0.2) is 18.2 Å². The molecule has 160 valence electrons. The Morgan fingerprint density at radius 3 is 2.23 bits per heavy atom. The van der Waals surface area contributed by atoms with Gasteiger partial charge in [-0.2, -0.15) is 0 Å². The highest BCUT2D eigenvalue weighted by Gasteiger charge is 2.18. The van der Waals surface area contributed by atoms with Crippen LogP contribution >= 0.6 is 0 Å². The second kappa shape index (κ2) is 8.43. The van der Waals surface area contributed by atoms with E-state index in [1.54, 1.807) is 38.1 Å². The van der Waals surface area contributed by atoms with Gasteiger partial charge < -0.3 is 13.7 Å². The van der Waals surface area contributed by atoms with Crippen molar-refractivity contribution in [1.82, 2.24) is 4.57 Å². The lowest BCUT2D eigenvalue weighted by Gasteiger charge is -2.09. The number of hydrogen-bond acceptors (Lipinski definition) is 5. The monoisotopic (exact) mass is 437 g/mol. The van der Waals surface area contributed by atoms with Gasteiger partial charge in [-0.05, 0) is 42.3 Å². The van der Waals surface area contributed by atoms with Crippen molar-refractivity contribution in [1.29, 1.82) is 0 Å². The van der Waals surface area contributed by atoms with Gasteiger partial charge in [0.2, 0.25) is 11.2 Å². The van der Waals surface area contributed by atoms with Gasteiger partial charge in [0.25, 0.3) is 0 Å². The largest absolute Gasteiger partial charge is 0.482 e. The number of aromatic nitrogens is 1. The number of ether oxygens (including phenoxy) is 1. The van der Waals surface area contributed by atoms with E-state index < -0.39 is 15.1 Å². The third kappa shape index (κ3) is 4.56. The van der Waals surface area contributed by atoms with Gasteiger partial charge in [-0.15, -0.1) is 0 Å². The topological polar surface area (TPSA) is 78.5 Å². The fraction of sp³-hybridized carbons (Fsp3) is 0.208. The van der Waals surface area contributed by atoms with Crippen LogP contribution in [0.5, 0.6) is 5.75 Å². The lowest BCUT2D eigenvalue weighted by Crippen LogP contribution is -2.14. The highest BCUT2D eigenvalue weighted by atomic mass is 32.2. The normalized spacial score (nSPS) is 11.8. The van der Waals surface area contributed by atoms with Crippen molar-refractivity contribution in [2.24, 2.45) is 0 Å². The molecular formula is C24H23NO5S. The Morgan fingerprint density at radius 2 is 1.65 bits per heavy atom. The van der Waals surface area contributed by atoms with Crippen molar-refractivity contribution in [2.45, 2.75) is 37.1 Å². The van der Waals surface area contributed by atoms with E-state index in [2.05, 4.69) is 0 Å². The minimum absolute atomic E-state index is 0.111. The van der Waals surface area contributed by atoms with Crippen LogP contribution in [0.2, 0.25) is 0 Å². The summed E-state index contributed by atoms with van der Waals surface area (Å²) in [6, 6.07) is 15.9. The molecule has 6 nitrogen and oxygen atoms in total. The average Bonchev–Trinajstić information content (AvgIpc) is 3.15. The summed E-state index contributed by atoms with van der Waals surface area (Å²) in [4.78, 5) is 12.7. The maximum Gasteiger partial charge on any atom is 0.227 e. The van der Waals surface area contributed by atoms with Crippen LogP contribution in [0.4, 0.5) is 0 Å². The Hall–Kier alpha value is -3.32. The van der Waals surface area contributed by atoms with Crippen LogP contribution in [0.25, 0.3) is 10.8 Å². The summed E-state index contributed by atoms with van der Waals surface area (Å²) in [5.41, 5.74) is 0.488. The van der Waals surface area contributed by atoms with Gasteiger partial charge >= 0.3 is 0 Å². The molecule has 2 aromatic carbocycles. The molecule has 2 aromatic heterocycles. The van der Waals surface area contributed by atoms with E-state index in [1.807, 2.05) is 41.2 Å². The minimum Gasteiger partial charge on any atom is -0.482 e. The zero-order valence-corrected chi connectivity index (χ0v) is 18.1. The first kappa shape index (κ1) is 20.9. The molecule has 0 spiro atoms. The lowest BCUT2D eigenvalue weighted by molar-refractivity contribution is 0.289. The van der Waals surface area contributed by atoms with Crippen LogP contribution in [0, 0.1) is 0 Å². The van der Waals surface area contributed by atoms with Gasteiger partial charge in [0, 0.05) is 18.5 Å². The molecular weight excluding hydrogens is 414 g/mol. The number of benzene rings is 2. The van der Waals surface area contributed by atoms with Gasteiger partial charge in [0.1, 0.15) is 18.6 Å². The van der Waals surface area contributed by atoms with Gasteiger partial charge in [0.05, 0.1) is 16.7 Å². The SMILES string of the molecule is CC(C)S(=O)(=O)c1ccc(COc2coc(Cn3cc4ccccc4c3)cc2=O)cc1. The second-order valence-corrected chi connectivity index (χ2v) is 10.2. The number of fused-ring (bicyclic) bond motifs is 1. The first-order valence-electron chi connectivity index (χ1n) is 9.95. The molecule has 0 atom stereocenters. The highest BCUT2D eigenvalue weighted by molar-refractivity contribution is 7.92. The smallest absolute Gasteiger partial charge is 0.227 e. The van der Waals surface area contributed by atoms with E-state index in [4.69, 9.17) is 9.15 Å². The molecule has 31 heavy (non-hydrogen) atoms. The quantitative estimate of drug-likeness (QED) is 0.428. The Balaban J connectivity index is 1.42. The molecule has 0 N–H and O–H groups in total. The third-order valence-electron chi connectivity index (χ3n) is 5.06. The summed E-state index contributed by atoms with van der Waals surface area (Å²) in [6.07, 6.45) is 5.32. The van der Waals surface area contributed by atoms with Gasteiger partial charge in [0.15, 0.2) is 9.84 Å². The number of sulfone groups is 1. The van der Waals surface area contributed by atoms with Crippen molar-refractivity contribution in [2.75, 3.05) is 0 Å². The number of nitrogens with zero attached hydrogens (tertiary/aromatic N) is 1. The first-order valence-corrected chi connectivity index (χ1v) is 11.5. The molecule has 4 rings (SSSR count). The summed E-state index contributed by atoms with van der Waals surface area (Å²) in [6.45, 7) is 3.87. The van der Waals surface area contributed by atoms with Crippen molar-refractivity contribution in [3.8, 4) is 5.75 Å².